The molecule has 1 fully saturated rings. The zero-order valence-corrected chi connectivity index (χ0v) is 11.4. The van der Waals surface area contributed by atoms with E-state index in [9.17, 15) is 4.79 Å². The average Bonchev–Trinajstić information content (AvgIpc) is 2.92. The van der Waals surface area contributed by atoms with Crippen molar-refractivity contribution in [2.75, 3.05) is 13.1 Å². The fourth-order valence-electron chi connectivity index (χ4n) is 2.79. The highest BCUT2D eigenvalue weighted by atomic mass is 16.2. The molecular weight excluding hydrogens is 236 g/mol. The maximum atomic E-state index is 12.6. The molecule has 1 saturated heterocycles. The fraction of sp³-hybridized carbons (Fsp3) is 0.375. The first-order valence-electron chi connectivity index (χ1n) is 6.83. The van der Waals surface area contributed by atoms with E-state index in [0.29, 0.717) is 0 Å². The average molecular weight is 254 g/mol. The summed E-state index contributed by atoms with van der Waals surface area (Å²) in [5.41, 5.74) is 3.78. The van der Waals surface area contributed by atoms with E-state index < -0.39 is 0 Å². The lowest BCUT2D eigenvalue weighted by Gasteiger charge is -2.17. The van der Waals surface area contributed by atoms with E-state index in [-0.39, 0.29) is 5.91 Å². The van der Waals surface area contributed by atoms with Gasteiger partial charge in [-0.1, -0.05) is 18.2 Å². The van der Waals surface area contributed by atoms with Crippen LogP contribution in [0.2, 0.25) is 0 Å². The largest absolute Gasteiger partial charge is 0.339 e. The lowest BCUT2D eigenvalue weighted by atomic mass is 10.0. The van der Waals surface area contributed by atoms with E-state index in [1.807, 2.05) is 43.0 Å². The van der Waals surface area contributed by atoms with Crippen LogP contribution in [0.3, 0.4) is 0 Å². The molecule has 1 amide bonds. The normalized spacial score (nSPS) is 15.2. The summed E-state index contributed by atoms with van der Waals surface area (Å²) in [6, 6.07) is 7.95. The van der Waals surface area contributed by atoms with Gasteiger partial charge in [-0.3, -0.25) is 9.78 Å². The van der Waals surface area contributed by atoms with Gasteiger partial charge >= 0.3 is 0 Å². The van der Waals surface area contributed by atoms with Crippen molar-refractivity contribution in [3.63, 3.8) is 0 Å². The number of aromatic nitrogens is 1. The van der Waals surface area contributed by atoms with Crippen molar-refractivity contribution < 1.29 is 4.79 Å². The molecule has 1 aromatic heterocycles. The van der Waals surface area contributed by atoms with Gasteiger partial charge in [-0.25, -0.2) is 0 Å². The molecule has 1 aliphatic rings. The predicted molar refractivity (Wildman–Crippen MR) is 76.4 cm³/mol. The highest BCUT2D eigenvalue weighted by molar-refractivity contribution is 6.06. The van der Waals surface area contributed by atoms with Gasteiger partial charge in [0.1, 0.15) is 0 Å². The molecule has 2 heterocycles. The van der Waals surface area contributed by atoms with Gasteiger partial charge in [0, 0.05) is 24.2 Å². The van der Waals surface area contributed by atoms with Gasteiger partial charge in [0.2, 0.25) is 0 Å². The molecule has 19 heavy (non-hydrogen) atoms. The van der Waals surface area contributed by atoms with Crippen LogP contribution in [-0.4, -0.2) is 28.9 Å². The van der Waals surface area contributed by atoms with Crippen molar-refractivity contribution in [1.82, 2.24) is 9.88 Å². The van der Waals surface area contributed by atoms with Crippen LogP contribution in [0.25, 0.3) is 10.9 Å². The lowest BCUT2D eigenvalue weighted by molar-refractivity contribution is 0.0794. The number of nitrogens with zero attached hydrogens (tertiary/aromatic N) is 2. The standard InChI is InChI=1S/C16H18N2O/c1-11-6-5-7-13-14(10-12(2)17-15(11)13)16(19)18-8-3-4-9-18/h5-7,10H,3-4,8-9H2,1-2H3. The second-order valence-corrected chi connectivity index (χ2v) is 5.28. The molecule has 0 N–H and O–H groups in total. The van der Waals surface area contributed by atoms with Gasteiger partial charge < -0.3 is 4.90 Å². The zero-order valence-electron chi connectivity index (χ0n) is 11.4. The van der Waals surface area contributed by atoms with Crippen LogP contribution < -0.4 is 0 Å². The number of likely N-dealkylation sites (tertiary alicyclic amines) is 1. The monoisotopic (exact) mass is 254 g/mol. The minimum atomic E-state index is 0.151. The minimum absolute atomic E-state index is 0.151. The van der Waals surface area contributed by atoms with Gasteiger partial charge in [-0.2, -0.15) is 0 Å². The second kappa shape index (κ2) is 4.65. The quantitative estimate of drug-likeness (QED) is 0.783. The Morgan fingerprint density at radius 1 is 1.21 bits per heavy atom. The Morgan fingerprint density at radius 2 is 1.95 bits per heavy atom. The molecule has 0 atom stereocenters. The lowest BCUT2D eigenvalue weighted by Crippen LogP contribution is -2.28. The van der Waals surface area contributed by atoms with E-state index in [4.69, 9.17) is 0 Å². The first-order chi connectivity index (χ1) is 9.16. The Morgan fingerprint density at radius 3 is 2.68 bits per heavy atom. The SMILES string of the molecule is Cc1cc(C(=O)N2CCCC2)c2cccc(C)c2n1. The molecular formula is C16H18N2O. The van der Waals surface area contributed by atoms with E-state index in [0.717, 1.165) is 53.7 Å². The Hall–Kier alpha value is -1.90. The molecule has 1 aromatic carbocycles. The van der Waals surface area contributed by atoms with Crippen LogP contribution in [0, 0.1) is 13.8 Å². The van der Waals surface area contributed by atoms with E-state index >= 15 is 0 Å². The van der Waals surface area contributed by atoms with E-state index in [1.165, 1.54) is 0 Å². The van der Waals surface area contributed by atoms with Crippen LogP contribution in [0.5, 0.6) is 0 Å². The summed E-state index contributed by atoms with van der Waals surface area (Å²) < 4.78 is 0. The van der Waals surface area contributed by atoms with Gasteiger partial charge in [0.05, 0.1) is 11.1 Å². The molecule has 0 aliphatic carbocycles. The summed E-state index contributed by atoms with van der Waals surface area (Å²) in [6.45, 7) is 5.76. The summed E-state index contributed by atoms with van der Waals surface area (Å²) in [7, 11) is 0. The highest BCUT2D eigenvalue weighted by Gasteiger charge is 2.22. The third-order valence-corrected chi connectivity index (χ3v) is 3.79. The molecule has 0 saturated carbocycles. The van der Waals surface area contributed by atoms with Gasteiger partial charge in [0.25, 0.3) is 5.91 Å². The summed E-state index contributed by atoms with van der Waals surface area (Å²) in [6.07, 6.45) is 2.24. The number of para-hydroxylation sites is 1. The second-order valence-electron chi connectivity index (χ2n) is 5.28. The van der Waals surface area contributed by atoms with Crippen molar-refractivity contribution >= 4 is 16.8 Å². The molecule has 98 valence electrons. The summed E-state index contributed by atoms with van der Waals surface area (Å²) in [4.78, 5) is 19.2. The van der Waals surface area contributed by atoms with Crippen molar-refractivity contribution in [1.29, 1.82) is 0 Å². The maximum absolute atomic E-state index is 12.6. The van der Waals surface area contributed by atoms with Crippen molar-refractivity contribution in [3.05, 3.63) is 41.1 Å². The summed E-state index contributed by atoms with van der Waals surface area (Å²) in [5, 5.41) is 0.975. The Bertz CT molecular complexity index is 642. The summed E-state index contributed by atoms with van der Waals surface area (Å²) >= 11 is 0. The first-order valence-corrected chi connectivity index (χ1v) is 6.83. The predicted octanol–water partition coefficient (Wildman–Crippen LogP) is 3.09. The van der Waals surface area contributed by atoms with Crippen molar-refractivity contribution in [3.8, 4) is 0 Å². The highest BCUT2D eigenvalue weighted by Crippen LogP contribution is 2.23. The third kappa shape index (κ3) is 2.09. The van der Waals surface area contributed by atoms with Crippen LogP contribution in [-0.2, 0) is 0 Å². The summed E-state index contributed by atoms with van der Waals surface area (Å²) in [5.74, 6) is 0.151. The minimum Gasteiger partial charge on any atom is -0.339 e. The van der Waals surface area contributed by atoms with Gasteiger partial charge in [-0.05, 0) is 38.3 Å². The number of amides is 1. The number of pyridine rings is 1. The molecule has 0 radical (unpaired) electrons. The number of hydrogen-bond donors (Lipinski definition) is 0. The Kier molecular flexibility index (Phi) is 2.97. The van der Waals surface area contributed by atoms with Crippen LogP contribution in [0.15, 0.2) is 24.3 Å². The van der Waals surface area contributed by atoms with Crippen LogP contribution >= 0.6 is 0 Å². The number of carbonyl (C=O) groups is 1. The van der Waals surface area contributed by atoms with E-state index in [2.05, 4.69) is 4.98 Å². The number of benzene rings is 1. The molecule has 1 aliphatic heterocycles. The molecule has 0 unspecified atom stereocenters. The number of hydrogen-bond acceptors (Lipinski definition) is 2. The molecule has 3 rings (SSSR count). The number of aryl methyl sites for hydroxylation is 2. The van der Waals surface area contributed by atoms with Crippen molar-refractivity contribution in [2.24, 2.45) is 0 Å². The zero-order chi connectivity index (χ0) is 13.4. The van der Waals surface area contributed by atoms with Crippen LogP contribution in [0.4, 0.5) is 0 Å². The van der Waals surface area contributed by atoms with E-state index in [1.54, 1.807) is 0 Å². The Labute approximate surface area is 113 Å². The molecule has 3 nitrogen and oxygen atoms in total. The maximum Gasteiger partial charge on any atom is 0.254 e. The number of carbonyl (C=O) groups excluding carboxylic acids is 1. The smallest absolute Gasteiger partial charge is 0.254 e. The molecule has 2 aromatic rings. The van der Waals surface area contributed by atoms with Crippen LogP contribution in [0.1, 0.15) is 34.5 Å². The fourth-order valence-corrected chi connectivity index (χ4v) is 2.79. The number of rotatable bonds is 1. The molecule has 3 heteroatoms. The Balaban J connectivity index is 2.17. The topological polar surface area (TPSA) is 33.2 Å². The van der Waals surface area contributed by atoms with Crippen molar-refractivity contribution in [2.45, 2.75) is 26.7 Å². The number of fused-ring (bicyclic) bond motifs is 1. The molecule has 0 bridgehead atoms. The van der Waals surface area contributed by atoms with Gasteiger partial charge in [0.15, 0.2) is 0 Å². The molecule has 0 spiro atoms. The first kappa shape index (κ1) is 12.2. The van der Waals surface area contributed by atoms with Gasteiger partial charge in [-0.15, -0.1) is 0 Å². The third-order valence-electron chi connectivity index (χ3n) is 3.79.